The molecule has 0 saturated carbocycles. The van der Waals surface area contributed by atoms with Gasteiger partial charge in [0.1, 0.15) is 6.29 Å². The van der Waals surface area contributed by atoms with Gasteiger partial charge in [0.05, 0.1) is 13.2 Å². The molecular weight excluding hydrogens is 220 g/mol. The Morgan fingerprint density at radius 3 is 2.24 bits per heavy atom. The first-order chi connectivity index (χ1) is 8.13. The first-order valence-corrected chi connectivity index (χ1v) is 5.69. The van der Waals surface area contributed by atoms with Crippen LogP contribution in [0.25, 0.3) is 0 Å². The van der Waals surface area contributed by atoms with Crippen LogP contribution in [0.1, 0.15) is 20.8 Å². The molecule has 0 saturated heterocycles. The van der Waals surface area contributed by atoms with Gasteiger partial charge in [-0.05, 0) is 13.0 Å². The van der Waals surface area contributed by atoms with E-state index in [-0.39, 0.29) is 5.91 Å². The minimum Gasteiger partial charge on any atom is -0.378 e. The van der Waals surface area contributed by atoms with Gasteiger partial charge in [-0.1, -0.05) is 20.4 Å². The Balaban J connectivity index is -0.000000337. The molecule has 0 atom stereocenters. The van der Waals surface area contributed by atoms with Gasteiger partial charge >= 0.3 is 0 Å². The predicted molar refractivity (Wildman–Crippen MR) is 70.8 cm³/mol. The highest BCUT2D eigenvalue weighted by atomic mass is 16.5. The van der Waals surface area contributed by atoms with Gasteiger partial charge < -0.3 is 20.2 Å². The number of carbonyl (C=O) groups excluding carboxylic acids is 2. The number of hydrogen-bond donors (Lipinski definition) is 1. The molecule has 0 radical (unpaired) electrons. The lowest BCUT2D eigenvalue weighted by Gasteiger charge is -2.14. The molecule has 0 rings (SSSR count). The Morgan fingerprint density at radius 2 is 1.88 bits per heavy atom. The lowest BCUT2D eigenvalue weighted by molar-refractivity contribution is -0.125. The number of rotatable bonds is 6. The van der Waals surface area contributed by atoms with Crippen molar-refractivity contribution in [1.82, 2.24) is 4.90 Å². The molecule has 1 amide bonds. The highest BCUT2D eigenvalue weighted by molar-refractivity contribution is 5.86. The highest BCUT2D eigenvalue weighted by Crippen LogP contribution is 1.85. The molecule has 0 aliphatic carbocycles. The zero-order valence-electron chi connectivity index (χ0n) is 11.4. The summed E-state index contributed by atoms with van der Waals surface area (Å²) in [4.78, 5) is 21.3. The molecule has 5 nitrogen and oxygen atoms in total. The van der Waals surface area contributed by atoms with Crippen LogP contribution in [0.5, 0.6) is 0 Å². The SMILES string of the molecule is C=CC(=O)N(C)CCOCCN.CC.CC=O. The van der Waals surface area contributed by atoms with Crippen molar-refractivity contribution in [1.29, 1.82) is 0 Å². The number of nitrogens with zero attached hydrogens (tertiary/aromatic N) is 1. The fourth-order valence-corrected chi connectivity index (χ4v) is 0.653. The Bertz CT molecular complexity index is 185. The van der Waals surface area contributed by atoms with Crippen molar-refractivity contribution in [2.45, 2.75) is 20.8 Å². The number of ether oxygens (including phenoxy) is 1. The van der Waals surface area contributed by atoms with Crippen LogP contribution in [0, 0.1) is 0 Å². The van der Waals surface area contributed by atoms with Crippen molar-refractivity contribution in [3.05, 3.63) is 12.7 Å². The Hall–Kier alpha value is -1.20. The standard InChI is InChI=1S/C8H16N2O2.C2H4O.C2H6/c1-3-8(11)10(2)5-7-12-6-4-9;1-2-3;1-2/h3H,1,4-7,9H2,2H3;2H,1H3;1-2H3. The van der Waals surface area contributed by atoms with Crippen molar-refractivity contribution in [2.24, 2.45) is 5.73 Å². The number of carbonyl (C=O) groups is 2. The second-order valence-corrected chi connectivity index (χ2v) is 2.60. The van der Waals surface area contributed by atoms with Crippen LogP contribution in [0.4, 0.5) is 0 Å². The summed E-state index contributed by atoms with van der Waals surface area (Å²) in [5.74, 6) is -0.0913. The highest BCUT2D eigenvalue weighted by Gasteiger charge is 2.01. The fraction of sp³-hybridized carbons (Fsp3) is 0.667. The fourth-order valence-electron chi connectivity index (χ4n) is 0.653. The van der Waals surface area contributed by atoms with E-state index >= 15 is 0 Å². The van der Waals surface area contributed by atoms with E-state index in [1.807, 2.05) is 13.8 Å². The second kappa shape index (κ2) is 20.2. The van der Waals surface area contributed by atoms with Gasteiger partial charge in [0, 0.05) is 20.1 Å². The number of likely N-dealkylation sites (N-methyl/N-ethyl adjacent to an activating group) is 1. The van der Waals surface area contributed by atoms with E-state index in [1.54, 1.807) is 11.9 Å². The van der Waals surface area contributed by atoms with Crippen molar-refractivity contribution in [2.75, 3.05) is 33.4 Å². The zero-order valence-corrected chi connectivity index (χ0v) is 11.4. The lowest BCUT2D eigenvalue weighted by atomic mass is 10.5. The summed E-state index contributed by atoms with van der Waals surface area (Å²) in [5, 5.41) is 0. The zero-order chi connectivity index (χ0) is 14.1. The molecule has 0 fully saturated rings. The second-order valence-electron chi connectivity index (χ2n) is 2.60. The van der Waals surface area contributed by atoms with E-state index in [2.05, 4.69) is 6.58 Å². The summed E-state index contributed by atoms with van der Waals surface area (Å²) in [6.07, 6.45) is 2.03. The summed E-state index contributed by atoms with van der Waals surface area (Å²) < 4.78 is 5.09. The number of nitrogens with two attached hydrogens (primary N) is 1. The molecule has 0 aromatic rings. The first kappa shape index (κ1) is 21.1. The Kier molecular flexibility index (Phi) is 25.2. The third-order valence-corrected chi connectivity index (χ3v) is 1.38. The molecule has 17 heavy (non-hydrogen) atoms. The number of aldehydes is 1. The van der Waals surface area contributed by atoms with E-state index in [4.69, 9.17) is 15.3 Å². The van der Waals surface area contributed by atoms with E-state index in [9.17, 15) is 4.79 Å². The van der Waals surface area contributed by atoms with Crippen LogP contribution in [0.3, 0.4) is 0 Å². The normalized spacial score (nSPS) is 7.82. The maximum atomic E-state index is 10.9. The topological polar surface area (TPSA) is 72.6 Å². The van der Waals surface area contributed by atoms with Gasteiger partial charge in [-0.15, -0.1) is 0 Å². The van der Waals surface area contributed by atoms with Crippen molar-refractivity contribution in [3.63, 3.8) is 0 Å². The minimum atomic E-state index is -0.0913. The molecule has 0 aliphatic heterocycles. The smallest absolute Gasteiger partial charge is 0.245 e. The monoisotopic (exact) mass is 246 g/mol. The Labute approximate surface area is 105 Å². The van der Waals surface area contributed by atoms with Crippen LogP contribution in [0.15, 0.2) is 12.7 Å². The maximum Gasteiger partial charge on any atom is 0.245 e. The molecule has 0 heterocycles. The average Bonchev–Trinajstić information content (AvgIpc) is 2.36. The van der Waals surface area contributed by atoms with Gasteiger partial charge in [-0.3, -0.25) is 4.79 Å². The van der Waals surface area contributed by atoms with Crippen LogP contribution in [-0.4, -0.2) is 50.4 Å². The predicted octanol–water partition coefficient (Wildman–Crippen LogP) is 0.838. The maximum absolute atomic E-state index is 10.9. The number of hydrogen-bond acceptors (Lipinski definition) is 4. The molecule has 102 valence electrons. The third kappa shape index (κ3) is 20.8. The molecule has 2 N–H and O–H groups in total. The van der Waals surface area contributed by atoms with E-state index < -0.39 is 0 Å². The molecule has 0 bridgehead atoms. The molecule has 5 heteroatoms. The third-order valence-electron chi connectivity index (χ3n) is 1.38. The van der Waals surface area contributed by atoms with Gasteiger partial charge in [0.2, 0.25) is 5.91 Å². The minimum absolute atomic E-state index is 0.0913. The summed E-state index contributed by atoms with van der Waals surface area (Å²) in [5.41, 5.74) is 5.21. The van der Waals surface area contributed by atoms with E-state index in [0.29, 0.717) is 26.3 Å². The van der Waals surface area contributed by atoms with Crippen molar-refractivity contribution in [3.8, 4) is 0 Å². The average molecular weight is 246 g/mol. The largest absolute Gasteiger partial charge is 0.378 e. The molecule has 0 spiro atoms. The first-order valence-electron chi connectivity index (χ1n) is 5.69. The van der Waals surface area contributed by atoms with Crippen LogP contribution >= 0.6 is 0 Å². The molecule has 0 aliphatic rings. The van der Waals surface area contributed by atoms with Gasteiger partial charge in [-0.25, -0.2) is 0 Å². The molecule has 0 unspecified atom stereocenters. The van der Waals surface area contributed by atoms with Gasteiger partial charge in [-0.2, -0.15) is 0 Å². The van der Waals surface area contributed by atoms with Crippen molar-refractivity contribution < 1.29 is 14.3 Å². The van der Waals surface area contributed by atoms with Crippen LogP contribution < -0.4 is 5.73 Å². The van der Waals surface area contributed by atoms with Gasteiger partial charge in [0.15, 0.2) is 0 Å². The summed E-state index contributed by atoms with van der Waals surface area (Å²) in [6.45, 7) is 11.0. The van der Waals surface area contributed by atoms with Crippen LogP contribution in [0.2, 0.25) is 0 Å². The summed E-state index contributed by atoms with van der Waals surface area (Å²) in [6, 6.07) is 0. The van der Waals surface area contributed by atoms with E-state index in [1.165, 1.54) is 13.0 Å². The Morgan fingerprint density at radius 1 is 1.41 bits per heavy atom. The number of amides is 1. The van der Waals surface area contributed by atoms with Crippen molar-refractivity contribution >= 4 is 12.2 Å². The quantitative estimate of drug-likeness (QED) is 0.428. The van der Waals surface area contributed by atoms with Gasteiger partial charge in [0.25, 0.3) is 0 Å². The molecule has 0 aromatic heterocycles. The molecule has 0 aromatic carbocycles. The van der Waals surface area contributed by atoms with E-state index in [0.717, 1.165) is 6.29 Å². The summed E-state index contributed by atoms with van der Waals surface area (Å²) in [7, 11) is 1.70. The van der Waals surface area contributed by atoms with Crippen LogP contribution in [-0.2, 0) is 14.3 Å². The summed E-state index contributed by atoms with van der Waals surface area (Å²) >= 11 is 0. The lowest BCUT2D eigenvalue weighted by Crippen LogP contribution is -2.28. The molecular formula is C12H26N2O3.